The molecule has 70 valence electrons. The van der Waals surface area contributed by atoms with Gasteiger partial charge in [0.1, 0.15) is 0 Å². The molecule has 0 aliphatic heterocycles. The Balaban J connectivity index is 3.11. The molecule has 0 radical (unpaired) electrons. The van der Waals surface area contributed by atoms with Crippen molar-refractivity contribution in [1.82, 2.24) is 0 Å². The Bertz CT molecular complexity index is 329. The molecule has 3 heteroatoms. The molecular formula is C10H13NO2. The second-order valence-electron chi connectivity index (χ2n) is 4.14. The average molecular weight is 179 g/mol. The molecular weight excluding hydrogens is 166 g/mol. The maximum atomic E-state index is 11.4. The highest BCUT2D eigenvalue weighted by Gasteiger charge is 2.27. The predicted molar refractivity (Wildman–Crippen MR) is 49.8 cm³/mol. The van der Waals surface area contributed by atoms with E-state index in [2.05, 4.69) is 0 Å². The number of hydrogen-bond donors (Lipinski definition) is 1. The zero-order chi connectivity index (χ0) is 10.2. The first-order valence-corrected chi connectivity index (χ1v) is 4.10. The van der Waals surface area contributed by atoms with Crippen LogP contribution in [-0.2, 0) is 9.59 Å². The van der Waals surface area contributed by atoms with Crippen molar-refractivity contribution in [2.45, 2.75) is 20.8 Å². The van der Waals surface area contributed by atoms with E-state index in [4.69, 9.17) is 5.73 Å². The molecule has 0 atom stereocenters. The van der Waals surface area contributed by atoms with Crippen molar-refractivity contribution >= 4 is 11.6 Å². The lowest BCUT2D eigenvalue weighted by Gasteiger charge is -2.22. The van der Waals surface area contributed by atoms with Gasteiger partial charge in [-0.15, -0.1) is 0 Å². The summed E-state index contributed by atoms with van der Waals surface area (Å²) in [6.07, 6.45) is 2.53. The second kappa shape index (κ2) is 2.83. The average Bonchev–Trinajstić information content (AvgIpc) is 1.94. The second-order valence-corrected chi connectivity index (χ2v) is 4.14. The Hall–Kier alpha value is -1.38. The van der Waals surface area contributed by atoms with Crippen LogP contribution in [0, 0.1) is 5.41 Å². The molecule has 0 aromatic rings. The van der Waals surface area contributed by atoms with Crippen molar-refractivity contribution in [3.8, 4) is 0 Å². The third kappa shape index (κ3) is 1.86. The molecule has 0 fully saturated rings. The summed E-state index contributed by atoms with van der Waals surface area (Å²) in [7, 11) is 0. The predicted octanol–water partition coefficient (Wildman–Crippen LogP) is 0.953. The first-order valence-electron chi connectivity index (χ1n) is 4.10. The van der Waals surface area contributed by atoms with Gasteiger partial charge in [-0.1, -0.05) is 20.8 Å². The highest BCUT2D eigenvalue weighted by atomic mass is 16.1. The van der Waals surface area contributed by atoms with Gasteiger partial charge in [0.15, 0.2) is 5.78 Å². The summed E-state index contributed by atoms with van der Waals surface area (Å²) in [5.74, 6) is -0.436. The molecule has 0 aromatic carbocycles. The fourth-order valence-electron chi connectivity index (χ4n) is 1.16. The van der Waals surface area contributed by atoms with Crippen molar-refractivity contribution in [1.29, 1.82) is 0 Å². The first-order chi connectivity index (χ1) is 5.82. The lowest BCUT2D eigenvalue weighted by atomic mass is 9.81. The van der Waals surface area contributed by atoms with Crippen LogP contribution in [0.1, 0.15) is 20.8 Å². The Morgan fingerprint density at radius 2 is 1.62 bits per heavy atom. The molecule has 0 heterocycles. The van der Waals surface area contributed by atoms with E-state index in [9.17, 15) is 9.59 Å². The fourth-order valence-corrected chi connectivity index (χ4v) is 1.16. The van der Waals surface area contributed by atoms with E-state index in [-0.39, 0.29) is 22.7 Å². The minimum Gasteiger partial charge on any atom is -0.395 e. The molecule has 0 spiro atoms. The van der Waals surface area contributed by atoms with E-state index in [1.807, 2.05) is 20.8 Å². The van der Waals surface area contributed by atoms with E-state index in [1.165, 1.54) is 12.2 Å². The van der Waals surface area contributed by atoms with E-state index < -0.39 is 0 Å². The van der Waals surface area contributed by atoms with Crippen LogP contribution in [0.15, 0.2) is 23.4 Å². The van der Waals surface area contributed by atoms with Gasteiger partial charge in [-0.2, -0.15) is 0 Å². The van der Waals surface area contributed by atoms with E-state index in [1.54, 1.807) is 0 Å². The van der Waals surface area contributed by atoms with Crippen LogP contribution in [0.3, 0.4) is 0 Å². The van der Waals surface area contributed by atoms with Crippen LogP contribution in [0.4, 0.5) is 0 Å². The molecule has 3 nitrogen and oxygen atoms in total. The van der Waals surface area contributed by atoms with Crippen molar-refractivity contribution in [2.75, 3.05) is 0 Å². The molecule has 0 saturated heterocycles. The Labute approximate surface area is 77.3 Å². The van der Waals surface area contributed by atoms with Crippen LogP contribution in [0.5, 0.6) is 0 Å². The maximum absolute atomic E-state index is 11.4. The van der Waals surface area contributed by atoms with Gasteiger partial charge < -0.3 is 5.73 Å². The van der Waals surface area contributed by atoms with Gasteiger partial charge in [-0.3, -0.25) is 9.59 Å². The molecule has 0 bridgehead atoms. The van der Waals surface area contributed by atoms with Crippen molar-refractivity contribution in [3.05, 3.63) is 23.4 Å². The Kier molecular flexibility index (Phi) is 2.12. The van der Waals surface area contributed by atoms with Crippen LogP contribution in [0.25, 0.3) is 0 Å². The molecule has 2 N–H and O–H groups in total. The highest BCUT2D eigenvalue weighted by molar-refractivity contribution is 6.19. The largest absolute Gasteiger partial charge is 0.395 e. The van der Waals surface area contributed by atoms with Crippen molar-refractivity contribution in [3.63, 3.8) is 0 Å². The van der Waals surface area contributed by atoms with Gasteiger partial charge in [0.25, 0.3) is 0 Å². The normalized spacial score (nSPS) is 18.4. The molecule has 0 aromatic heterocycles. The SMILES string of the molecule is CC(C)(C)C1=CC(=O)C(N)=CC1=O. The van der Waals surface area contributed by atoms with E-state index in [0.29, 0.717) is 5.57 Å². The minimum absolute atomic E-state index is 0.0259. The lowest BCUT2D eigenvalue weighted by Crippen LogP contribution is -2.25. The van der Waals surface area contributed by atoms with Crippen molar-refractivity contribution in [2.24, 2.45) is 11.1 Å². The monoisotopic (exact) mass is 179 g/mol. The standard InChI is InChI=1S/C10H13NO2/c1-10(2,3)6-4-9(13)7(11)5-8(6)12/h4-5H,11H2,1-3H3. The third-order valence-corrected chi connectivity index (χ3v) is 1.92. The fraction of sp³-hybridized carbons (Fsp3) is 0.400. The lowest BCUT2D eigenvalue weighted by molar-refractivity contribution is -0.115. The van der Waals surface area contributed by atoms with Crippen molar-refractivity contribution < 1.29 is 9.59 Å². The summed E-state index contributed by atoms with van der Waals surface area (Å²) in [6, 6.07) is 0. The summed E-state index contributed by atoms with van der Waals surface area (Å²) in [5, 5.41) is 0. The van der Waals surface area contributed by atoms with Crippen LogP contribution >= 0.6 is 0 Å². The molecule has 13 heavy (non-hydrogen) atoms. The van der Waals surface area contributed by atoms with Gasteiger partial charge in [-0.05, 0) is 11.5 Å². The zero-order valence-electron chi connectivity index (χ0n) is 8.05. The number of carbonyl (C=O) groups is 2. The molecule has 1 aliphatic rings. The Morgan fingerprint density at radius 3 is 2.08 bits per heavy atom. The van der Waals surface area contributed by atoms with Gasteiger partial charge in [0.05, 0.1) is 5.70 Å². The quantitative estimate of drug-likeness (QED) is 0.563. The Morgan fingerprint density at radius 1 is 1.08 bits per heavy atom. The molecule has 0 unspecified atom stereocenters. The summed E-state index contributed by atoms with van der Waals surface area (Å²) in [4.78, 5) is 22.6. The van der Waals surface area contributed by atoms with E-state index >= 15 is 0 Å². The highest BCUT2D eigenvalue weighted by Crippen LogP contribution is 2.28. The minimum atomic E-state index is -0.302. The van der Waals surface area contributed by atoms with Gasteiger partial charge in [-0.25, -0.2) is 0 Å². The number of allylic oxidation sites excluding steroid dienone is 3. The van der Waals surface area contributed by atoms with Gasteiger partial charge >= 0.3 is 0 Å². The number of carbonyl (C=O) groups excluding carboxylic acids is 2. The molecule has 0 amide bonds. The van der Waals surface area contributed by atoms with Crippen LogP contribution in [-0.4, -0.2) is 11.6 Å². The first kappa shape index (κ1) is 9.71. The van der Waals surface area contributed by atoms with Crippen LogP contribution < -0.4 is 5.73 Å². The van der Waals surface area contributed by atoms with Gasteiger partial charge in [0.2, 0.25) is 5.78 Å². The summed E-state index contributed by atoms with van der Waals surface area (Å²) < 4.78 is 0. The third-order valence-electron chi connectivity index (χ3n) is 1.92. The van der Waals surface area contributed by atoms with Crippen LogP contribution in [0.2, 0.25) is 0 Å². The molecule has 0 saturated carbocycles. The topological polar surface area (TPSA) is 60.2 Å². The van der Waals surface area contributed by atoms with Gasteiger partial charge in [0, 0.05) is 11.6 Å². The summed E-state index contributed by atoms with van der Waals surface area (Å²) >= 11 is 0. The number of nitrogens with two attached hydrogens (primary N) is 1. The number of hydrogen-bond acceptors (Lipinski definition) is 3. The number of ketones is 2. The molecule has 1 rings (SSSR count). The zero-order valence-corrected chi connectivity index (χ0v) is 8.05. The number of rotatable bonds is 0. The summed E-state index contributed by atoms with van der Waals surface area (Å²) in [5.41, 5.74) is 5.56. The smallest absolute Gasteiger partial charge is 0.202 e. The molecule has 1 aliphatic carbocycles. The maximum Gasteiger partial charge on any atom is 0.202 e. The van der Waals surface area contributed by atoms with E-state index in [0.717, 1.165) is 0 Å². The summed E-state index contributed by atoms with van der Waals surface area (Å²) in [6.45, 7) is 5.66.